The molecule has 2 saturated heterocycles. The lowest BCUT2D eigenvalue weighted by Gasteiger charge is -2.37. The molecule has 0 aromatic carbocycles. The van der Waals surface area contributed by atoms with Crippen molar-refractivity contribution in [1.29, 1.82) is 0 Å². The lowest BCUT2D eigenvalue weighted by molar-refractivity contribution is -0.119. The number of amides is 2. The Hall–Kier alpha value is -3.05. The van der Waals surface area contributed by atoms with E-state index in [1.165, 1.54) is 13.1 Å². The van der Waals surface area contributed by atoms with Crippen molar-refractivity contribution in [3.8, 4) is 0 Å². The summed E-state index contributed by atoms with van der Waals surface area (Å²) in [6.45, 7) is 9.53. The minimum atomic E-state index is -0.351. The maximum atomic E-state index is 12.9. The number of rotatable bonds is 5. The zero-order valence-electron chi connectivity index (χ0n) is 19.3. The molecule has 33 heavy (non-hydrogen) atoms. The molecule has 1 aromatic heterocycles. The Labute approximate surface area is 193 Å². The van der Waals surface area contributed by atoms with Gasteiger partial charge in [0, 0.05) is 38.7 Å². The molecule has 0 radical (unpaired) electrons. The zero-order valence-corrected chi connectivity index (χ0v) is 19.3. The number of aliphatic imine (C=N–C) groups is 1. The van der Waals surface area contributed by atoms with Crippen LogP contribution in [0, 0.1) is 0 Å². The van der Waals surface area contributed by atoms with Crippen molar-refractivity contribution in [2.75, 3.05) is 54.6 Å². The normalized spacial score (nSPS) is 25.4. The third kappa shape index (κ3) is 5.66. The Kier molecular flexibility index (Phi) is 7.19. The Morgan fingerprint density at radius 1 is 1.03 bits per heavy atom. The summed E-state index contributed by atoms with van der Waals surface area (Å²) in [6.07, 6.45) is 3.32. The maximum Gasteiger partial charge on any atom is 0.259 e. The van der Waals surface area contributed by atoms with Crippen molar-refractivity contribution in [1.82, 2.24) is 15.3 Å². The first kappa shape index (κ1) is 23.1. The molecule has 3 atom stereocenters. The van der Waals surface area contributed by atoms with E-state index >= 15 is 0 Å². The van der Waals surface area contributed by atoms with Crippen molar-refractivity contribution in [3.05, 3.63) is 17.7 Å². The van der Waals surface area contributed by atoms with Crippen LogP contribution in [0.4, 0.5) is 17.6 Å². The van der Waals surface area contributed by atoms with Crippen molar-refractivity contribution in [2.24, 2.45) is 4.99 Å². The molecule has 178 valence electrons. The minimum absolute atomic E-state index is 0.158. The SMILES string of the molecule is CC(=O)NC1CC=C(C(=O)Nc2nc(N3CCOC[C@@H]3C)cc(N3CCOC[C@@H]3C)n2)C=N1. The van der Waals surface area contributed by atoms with Crippen molar-refractivity contribution in [3.63, 3.8) is 0 Å². The Bertz CT molecular complexity index is 910. The van der Waals surface area contributed by atoms with Gasteiger partial charge in [0.15, 0.2) is 0 Å². The Morgan fingerprint density at radius 2 is 1.64 bits per heavy atom. The van der Waals surface area contributed by atoms with Gasteiger partial charge in [0.2, 0.25) is 11.9 Å². The molecular formula is C22H31N7O4. The topological polar surface area (TPSA) is 121 Å². The van der Waals surface area contributed by atoms with E-state index in [1.807, 2.05) is 6.07 Å². The molecule has 2 amide bonds. The molecule has 3 aliphatic heterocycles. The predicted octanol–water partition coefficient (Wildman–Crippen LogP) is 0.728. The lowest BCUT2D eigenvalue weighted by atomic mass is 10.1. The summed E-state index contributed by atoms with van der Waals surface area (Å²) in [5.41, 5.74) is 0.409. The van der Waals surface area contributed by atoms with Crippen LogP contribution < -0.4 is 20.4 Å². The fourth-order valence-corrected chi connectivity index (χ4v) is 4.09. The first-order valence-electron chi connectivity index (χ1n) is 11.3. The molecule has 0 aliphatic carbocycles. The van der Waals surface area contributed by atoms with Crippen LogP contribution in [0.3, 0.4) is 0 Å². The van der Waals surface area contributed by atoms with Gasteiger partial charge in [-0.25, -0.2) is 0 Å². The molecule has 0 bridgehead atoms. The van der Waals surface area contributed by atoms with Crippen molar-refractivity contribution < 1.29 is 19.1 Å². The van der Waals surface area contributed by atoms with Crippen LogP contribution in [0.1, 0.15) is 27.2 Å². The zero-order chi connectivity index (χ0) is 23.4. The van der Waals surface area contributed by atoms with Crippen LogP contribution in [0.15, 0.2) is 22.7 Å². The van der Waals surface area contributed by atoms with E-state index in [4.69, 9.17) is 9.47 Å². The number of nitrogens with zero attached hydrogens (tertiary/aromatic N) is 5. The molecule has 4 heterocycles. The second-order valence-electron chi connectivity index (χ2n) is 8.49. The summed E-state index contributed by atoms with van der Waals surface area (Å²) in [7, 11) is 0. The largest absolute Gasteiger partial charge is 0.377 e. The summed E-state index contributed by atoms with van der Waals surface area (Å²) < 4.78 is 11.1. The number of ether oxygens (including phenoxy) is 2. The van der Waals surface area contributed by atoms with Gasteiger partial charge in [0.05, 0.1) is 44.1 Å². The van der Waals surface area contributed by atoms with Gasteiger partial charge in [-0.3, -0.25) is 19.9 Å². The smallest absolute Gasteiger partial charge is 0.259 e. The van der Waals surface area contributed by atoms with E-state index in [9.17, 15) is 9.59 Å². The van der Waals surface area contributed by atoms with Crippen LogP contribution in [-0.2, 0) is 19.1 Å². The summed E-state index contributed by atoms with van der Waals surface area (Å²) >= 11 is 0. The first-order valence-corrected chi connectivity index (χ1v) is 11.3. The summed E-state index contributed by atoms with van der Waals surface area (Å²) in [4.78, 5) is 42.0. The molecule has 1 aromatic rings. The highest BCUT2D eigenvalue weighted by Gasteiger charge is 2.26. The highest BCUT2D eigenvalue weighted by molar-refractivity contribution is 6.17. The van der Waals surface area contributed by atoms with Crippen LogP contribution in [0.5, 0.6) is 0 Å². The van der Waals surface area contributed by atoms with Gasteiger partial charge in [0.1, 0.15) is 17.8 Å². The van der Waals surface area contributed by atoms with E-state index in [1.54, 1.807) is 6.08 Å². The molecule has 0 saturated carbocycles. The first-order chi connectivity index (χ1) is 15.9. The van der Waals surface area contributed by atoms with Crippen LogP contribution in [0.2, 0.25) is 0 Å². The molecule has 1 unspecified atom stereocenters. The Balaban J connectivity index is 1.56. The molecule has 11 heteroatoms. The highest BCUT2D eigenvalue weighted by atomic mass is 16.5. The van der Waals surface area contributed by atoms with Gasteiger partial charge >= 0.3 is 0 Å². The highest BCUT2D eigenvalue weighted by Crippen LogP contribution is 2.26. The number of aromatic nitrogens is 2. The number of dihydropyridines is 1. The maximum absolute atomic E-state index is 12.9. The van der Waals surface area contributed by atoms with Gasteiger partial charge in [-0.2, -0.15) is 9.97 Å². The number of morpholine rings is 2. The molecule has 0 spiro atoms. The van der Waals surface area contributed by atoms with Gasteiger partial charge in [-0.05, 0) is 13.8 Å². The van der Waals surface area contributed by atoms with E-state index in [2.05, 4.69) is 49.2 Å². The van der Waals surface area contributed by atoms with E-state index < -0.39 is 0 Å². The Morgan fingerprint density at radius 3 is 2.12 bits per heavy atom. The number of anilines is 3. The summed E-state index contributed by atoms with van der Waals surface area (Å²) in [5, 5.41) is 5.55. The van der Waals surface area contributed by atoms with E-state index in [0.29, 0.717) is 51.5 Å². The van der Waals surface area contributed by atoms with Gasteiger partial charge in [-0.15, -0.1) is 0 Å². The van der Waals surface area contributed by atoms with Crippen LogP contribution >= 0.6 is 0 Å². The second-order valence-corrected chi connectivity index (χ2v) is 8.49. The minimum Gasteiger partial charge on any atom is -0.377 e. The van der Waals surface area contributed by atoms with Crippen molar-refractivity contribution in [2.45, 2.75) is 45.4 Å². The van der Waals surface area contributed by atoms with Crippen molar-refractivity contribution >= 4 is 35.6 Å². The molecule has 3 aliphatic rings. The lowest BCUT2D eigenvalue weighted by Crippen LogP contribution is -2.46. The number of nitrogens with one attached hydrogen (secondary N) is 2. The van der Waals surface area contributed by atoms with Gasteiger partial charge < -0.3 is 24.6 Å². The van der Waals surface area contributed by atoms with Gasteiger partial charge in [0.25, 0.3) is 5.91 Å². The van der Waals surface area contributed by atoms with E-state index in [-0.39, 0.29) is 36.0 Å². The second kappa shape index (κ2) is 10.3. The van der Waals surface area contributed by atoms with E-state index in [0.717, 1.165) is 11.6 Å². The third-order valence-electron chi connectivity index (χ3n) is 5.83. The average molecular weight is 458 g/mol. The fourth-order valence-electron chi connectivity index (χ4n) is 4.09. The molecule has 11 nitrogen and oxygen atoms in total. The predicted molar refractivity (Wildman–Crippen MR) is 125 cm³/mol. The number of hydrogen-bond donors (Lipinski definition) is 2. The molecule has 4 rings (SSSR count). The fraction of sp³-hybridized carbons (Fsp3) is 0.591. The average Bonchev–Trinajstić information content (AvgIpc) is 2.79. The number of hydrogen-bond acceptors (Lipinski definition) is 9. The monoisotopic (exact) mass is 457 g/mol. The number of carbonyl (C=O) groups excluding carboxylic acids is 2. The molecule has 2 fully saturated rings. The van der Waals surface area contributed by atoms with Gasteiger partial charge in [-0.1, -0.05) is 6.08 Å². The standard InChI is InChI=1S/C22H31N7O4/c1-14-12-32-8-6-28(14)19-10-20(29-7-9-33-13-15(29)2)26-22(25-19)27-21(31)17-4-5-18(23-11-17)24-16(3)30/h4,10-11,14-15,18H,5-9,12-13H2,1-3H3,(H,24,30)(H,25,26,27,31)/t14-,15-,18?/m0/s1. The third-order valence-corrected chi connectivity index (χ3v) is 5.83. The van der Waals surface area contributed by atoms with Crippen LogP contribution in [-0.4, -0.2) is 85.8 Å². The number of carbonyl (C=O) groups is 2. The molecular weight excluding hydrogens is 426 g/mol. The summed E-state index contributed by atoms with van der Waals surface area (Å²) in [5.74, 6) is 1.24. The molecule has 2 N–H and O–H groups in total. The quantitative estimate of drug-likeness (QED) is 0.664. The summed E-state index contributed by atoms with van der Waals surface area (Å²) in [6, 6.07) is 2.29. The van der Waals surface area contributed by atoms with Crippen LogP contribution in [0.25, 0.3) is 0 Å².